The third-order valence-electron chi connectivity index (χ3n) is 1.62. The molecule has 1 aromatic carbocycles. The minimum atomic E-state index is -0.388. The average molecular weight is 192 g/mol. The second-order valence-corrected chi connectivity index (χ2v) is 2.72. The zero-order chi connectivity index (χ0) is 10.4. The monoisotopic (exact) mass is 192 g/mol. The topological polar surface area (TPSA) is 35.5 Å². The van der Waals surface area contributed by atoms with Gasteiger partial charge in [-0.1, -0.05) is 18.2 Å². The number of esters is 1. The third kappa shape index (κ3) is 2.94. The highest BCUT2D eigenvalue weighted by atomic mass is 16.5. The maximum atomic E-state index is 11.0. The molecule has 0 saturated heterocycles. The van der Waals surface area contributed by atoms with Gasteiger partial charge in [0, 0.05) is 0 Å². The van der Waals surface area contributed by atoms with E-state index in [2.05, 4.69) is 4.74 Å². The van der Waals surface area contributed by atoms with Gasteiger partial charge in [-0.05, 0) is 19.1 Å². The van der Waals surface area contributed by atoms with Crippen LogP contribution in [0.3, 0.4) is 0 Å². The number of carbonyl (C=O) groups is 1. The van der Waals surface area contributed by atoms with Gasteiger partial charge in [0.25, 0.3) is 0 Å². The molecule has 3 heteroatoms. The van der Waals surface area contributed by atoms with Gasteiger partial charge in [-0.3, -0.25) is 0 Å². The average Bonchev–Trinajstić information content (AvgIpc) is 2.26. The van der Waals surface area contributed by atoms with E-state index in [9.17, 15) is 4.79 Å². The van der Waals surface area contributed by atoms with Crippen molar-refractivity contribution < 1.29 is 14.3 Å². The van der Waals surface area contributed by atoms with Crippen LogP contribution in [0.4, 0.5) is 0 Å². The van der Waals surface area contributed by atoms with Crippen LogP contribution in [0.1, 0.15) is 6.92 Å². The van der Waals surface area contributed by atoms with Crippen LogP contribution in [0.2, 0.25) is 0 Å². The van der Waals surface area contributed by atoms with Crippen LogP contribution in [0.25, 0.3) is 0 Å². The van der Waals surface area contributed by atoms with Crippen molar-refractivity contribution in [3.8, 4) is 5.75 Å². The minimum Gasteiger partial charge on any atom is -0.466 e. The maximum absolute atomic E-state index is 11.0. The number of ether oxygens (including phenoxy) is 2. The summed E-state index contributed by atoms with van der Waals surface area (Å²) in [5, 5.41) is 0. The molecule has 1 aromatic rings. The Hall–Kier alpha value is -1.77. The Labute approximate surface area is 83.0 Å². The number of benzene rings is 1. The molecule has 0 spiro atoms. The molecule has 0 radical (unpaired) electrons. The summed E-state index contributed by atoms with van der Waals surface area (Å²) in [7, 11) is 1.34. The number of hydrogen-bond acceptors (Lipinski definition) is 3. The SMILES string of the molecule is COC(=O)/C(C)=C/Oc1ccccc1. The van der Waals surface area contributed by atoms with Gasteiger partial charge in [0.1, 0.15) is 12.0 Å². The number of carbonyl (C=O) groups excluding carboxylic acids is 1. The normalized spacial score (nSPS) is 10.9. The minimum absolute atomic E-state index is 0.388. The van der Waals surface area contributed by atoms with E-state index in [0.717, 1.165) is 0 Å². The molecule has 0 atom stereocenters. The Kier molecular flexibility index (Phi) is 3.73. The molecule has 0 N–H and O–H groups in total. The van der Waals surface area contributed by atoms with Crippen molar-refractivity contribution in [1.82, 2.24) is 0 Å². The van der Waals surface area contributed by atoms with Crippen molar-refractivity contribution in [1.29, 1.82) is 0 Å². The lowest BCUT2D eigenvalue weighted by Gasteiger charge is -2.01. The quantitative estimate of drug-likeness (QED) is 0.418. The van der Waals surface area contributed by atoms with Gasteiger partial charge in [0.2, 0.25) is 0 Å². The first-order valence-corrected chi connectivity index (χ1v) is 4.21. The molecule has 0 bridgehead atoms. The van der Waals surface area contributed by atoms with Crippen LogP contribution in [0.15, 0.2) is 42.2 Å². The lowest BCUT2D eigenvalue weighted by Crippen LogP contribution is -2.02. The van der Waals surface area contributed by atoms with Crippen LogP contribution in [-0.2, 0) is 9.53 Å². The molecule has 0 aliphatic heterocycles. The summed E-state index contributed by atoms with van der Waals surface area (Å²) in [5.41, 5.74) is 0.427. The second-order valence-electron chi connectivity index (χ2n) is 2.72. The Balaban J connectivity index is 2.59. The molecule has 0 unspecified atom stereocenters. The molecule has 14 heavy (non-hydrogen) atoms. The lowest BCUT2D eigenvalue weighted by atomic mass is 10.3. The van der Waals surface area contributed by atoms with Crippen molar-refractivity contribution >= 4 is 5.97 Å². The summed E-state index contributed by atoms with van der Waals surface area (Å²) >= 11 is 0. The van der Waals surface area contributed by atoms with Gasteiger partial charge >= 0.3 is 5.97 Å². The molecule has 0 heterocycles. The molecule has 0 fully saturated rings. The number of hydrogen-bond donors (Lipinski definition) is 0. The van der Waals surface area contributed by atoms with Crippen LogP contribution in [-0.4, -0.2) is 13.1 Å². The molecular weight excluding hydrogens is 180 g/mol. The van der Waals surface area contributed by atoms with E-state index in [1.807, 2.05) is 18.2 Å². The number of para-hydroxylation sites is 1. The summed E-state index contributed by atoms with van der Waals surface area (Å²) in [4.78, 5) is 11.0. The van der Waals surface area contributed by atoms with Gasteiger partial charge in [0.05, 0.1) is 12.7 Å². The van der Waals surface area contributed by atoms with E-state index in [1.54, 1.807) is 19.1 Å². The first-order chi connectivity index (χ1) is 6.74. The van der Waals surface area contributed by atoms with E-state index < -0.39 is 0 Å². The Morgan fingerprint density at radius 3 is 2.50 bits per heavy atom. The van der Waals surface area contributed by atoms with E-state index in [4.69, 9.17) is 4.74 Å². The van der Waals surface area contributed by atoms with Crippen molar-refractivity contribution in [2.75, 3.05) is 7.11 Å². The highest BCUT2D eigenvalue weighted by Crippen LogP contribution is 2.09. The van der Waals surface area contributed by atoms with Gasteiger partial charge in [-0.15, -0.1) is 0 Å². The summed E-state index contributed by atoms with van der Waals surface area (Å²) < 4.78 is 9.74. The Morgan fingerprint density at radius 1 is 1.29 bits per heavy atom. The first kappa shape index (κ1) is 10.3. The number of methoxy groups -OCH3 is 1. The van der Waals surface area contributed by atoms with Crippen LogP contribution in [0, 0.1) is 0 Å². The van der Waals surface area contributed by atoms with Crippen molar-refractivity contribution in [2.45, 2.75) is 6.92 Å². The fourth-order valence-electron chi connectivity index (χ4n) is 0.865. The second kappa shape index (κ2) is 5.07. The van der Waals surface area contributed by atoms with Crippen molar-refractivity contribution in [3.05, 3.63) is 42.2 Å². The fourth-order valence-corrected chi connectivity index (χ4v) is 0.865. The summed E-state index contributed by atoms with van der Waals surface area (Å²) in [5.74, 6) is 0.302. The molecule has 74 valence electrons. The van der Waals surface area contributed by atoms with Gasteiger partial charge < -0.3 is 9.47 Å². The summed E-state index contributed by atoms with van der Waals surface area (Å²) in [6.07, 6.45) is 1.38. The van der Waals surface area contributed by atoms with Gasteiger partial charge in [0.15, 0.2) is 0 Å². The first-order valence-electron chi connectivity index (χ1n) is 4.21. The lowest BCUT2D eigenvalue weighted by molar-refractivity contribution is -0.136. The zero-order valence-electron chi connectivity index (χ0n) is 8.19. The molecule has 0 amide bonds. The predicted molar refractivity (Wildman–Crippen MR) is 52.8 cm³/mol. The van der Waals surface area contributed by atoms with E-state index in [-0.39, 0.29) is 5.97 Å². The highest BCUT2D eigenvalue weighted by Gasteiger charge is 2.02. The molecule has 0 aliphatic carbocycles. The molecule has 0 saturated carbocycles. The maximum Gasteiger partial charge on any atom is 0.336 e. The van der Waals surface area contributed by atoms with Gasteiger partial charge in [-0.2, -0.15) is 0 Å². The zero-order valence-corrected chi connectivity index (χ0v) is 8.19. The molecular formula is C11H12O3. The number of rotatable bonds is 3. The third-order valence-corrected chi connectivity index (χ3v) is 1.62. The smallest absolute Gasteiger partial charge is 0.336 e. The van der Waals surface area contributed by atoms with Crippen molar-refractivity contribution in [2.24, 2.45) is 0 Å². The summed E-state index contributed by atoms with van der Waals surface area (Å²) in [6.45, 7) is 1.63. The molecule has 0 aliphatic rings. The van der Waals surface area contributed by atoms with Gasteiger partial charge in [-0.25, -0.2) is 4.79 Å². The van der Waals surface area contributed by atoms with E-state index >= 15 is 0 Å². The van der Waals surface area contributed by atoms with Crippen LogP contribution in [0.5, 0.6) is 5.75 Å². The van der Waals surface area contributed by atoms with E-state index in [1.165, 1.54) is 13.4 Å². The van der Waals surface area contributed by atoms with E-state index in [0.29, 0.717) is 11.3 Å². The van der Waals surface area contributed by atoms with Crippen LogP contribution >= 0.6 is 0 Å². The van der Waals surface area contributed by atoms with Crippen molar-refractivity contribution in [3.63, 3.8) is 0 Å². The van der Waals surface area contributed by atoms with Crippen LogP contribution < -0.4 is 4.74 Å². The largest absolute Gasteiger partial charge is 0.466 e. The molecule has 0 aromatic heterocycles. The Bertz CT molecular complexity index is 328. The fraction of sp³-hybridized carbons (Fsp3) is 0.182. The standard InChI is InChI=1S/C11H12O3/c1-9(11(12)13-2)8-14-10-6-4-3-5-7-10/h3-8H,1-2H3/b9-8+. The Morgan fingerprint density at radius 2 is 1.93 bits per heavy atom. The predicted octanol–water partition coefficient (Wildman–Crippen LogP) is 2.14. The highest BCUT2D eigenvalue weighted by molar-refractivity contribution is 5.87. The summed E-state index contributed by atoms with van der Waals surface area (Å²) in [6, 6.07) is 9.22. The molecule has 3 nitrogen and oxygen atoms in total. The molecule has 1 rings (SSSR count).